The van der Waals surface area contributed by atoms with Crippen LogP contribution >= 0.6 is 0 Å². The van der Waals surface area contributed by atoms with Gasteiger partial charge in [0.15, 0.2) is 0 Å². The molecule has 0 aliphatic rings. The number of aliphatic hydroxyl groups is 1. The van der Waals surface area contributed by atoms with E-state index in [0.717, 1.165) is 0 Å². The first-order chi connectivity index (χ1) is 8.42. The van der Waals surface area contributed by atoms with Crippen LogP contribution in [0.1, 0.15) is 27.2 Å². The van der Waals surface area contributed by atoms with Crippen molar-refractivity contribution in [2.24, 2.45) is 0 Å². The molecule has 2 atom stereocenters. The second kappa shape index (κ2) is 8.88. The van der Waals surface area contributed by atoms with Crippen LogP contribution in [0.2, 0.25) is 0 Å². The van der Waals surface area contributed by atoms with Gasteiger partial charge in [-0.15, -0.1) is 0 Å². The maximum Gasteiger partial charge on any atom is 0.308 e. The van der Waals surface area contributed by atoms with Crippen LogP contribution in [-0.2, 0) is 14.3 Å². The van der Waals surface area contributed by atoms with Crippen molar-refractivity contribution in [2.75, 3.05) is 26.7 Å². The van der Waals surface area contributed by atoms with E-state index in [0.29, 0.717) is 13.2 Å². The number of carbonyl (C=O) groups excluding carboxylic acids is 2. The number of hydrogen-bond acceptors (Lipinski definition) is 5. The van der Waals surface area contributed by atoms with Gasteiger partial charge < -0.3 is 20.1 Å². The highest BCUT2D eigenvalue weighted by atomic mass is 16.5. The lowest BCUT2D eigenvalue weighted by atomic mass is 10.2. The number of hydrogen-bond donors (Lipinski definition) is 2. The second-order valence-electron chi connectivity index (χ2n) is 4.15. The molecule has 0 bridgehead atoms. The molecule has 0 aliphatic carbocycles. The Labute approximate surface area is 108 Å². The number of esters is 1. The largest absolute Gasteiger partial charge is 0.466 e. The van der Waals surface area contributed by atoms with Crippen LogP contribution in [0, 0.1) is 0 Å². The summed E-state index contributed by atoms with van der Waals surface area (Å²) in [5, 5.41) is 12.5. The average Bonchev–Trinajstić information content (AvgIpc) is 2.34. The molecule has 0 aromatic carbocycles. The molecule has 0 heterocycles. The summed E-state index contributed by atoms with van der Waals surface area (Å²) < 4.78 is 4.72. The Hall–Kier alpha value is -1.14. The molecule has 6 nitrogen and oxygen atoms in total. The molecule has 2 unspecified atom stereocenters. The zero-order valence-corrected chi connectivity index (χ0v) is 11.6. The van der Waals surface area contributed by atoms with Crippen LogP contribution in [0.5, 0.6) is 0 Å². The monoisotopic (exact) mass is 260 g/mol. The number of nitrogens with one attached hydrogen (secondary N) is 1. The van der Waals surface area contributed by atoms with Gasteiger partial charge in [0, 0.05) is 20.1 Å². The maximum absolute atomic E-state index is 11.7. The molecule has 106 valence electrons. The van der Waals surface area contributed by atoms with Gasteiger partial charge >= 0.3 is 5.97 Å². The molecule has 1 amide bonds. The van der Waals surface area contributed by atoms with E-state index in [4.69, 9.17) is 4.74 Å². The van der Waals surface area contributed by atoms with E-state index < -0.39 is 12.1 Å². The van der Waals surface area contributed by atoms with Crippen LogP contribution in [0.3, 0.4) is 0 Å². The fourth-order valence-corrected chi connectivity index (χ4v) is 1.37. The first-order valence-electron chi connectivity index (χ1n) is 6.24. The summed E-state index contributed by atoms with van der Waals surface area (Å²) in [5.74, 6) is -0.475. The molecular formula is C12H24N2O4. The van der Waals surface area contributed by atoms with Crippen molar-refractivity contribution in [3.63, 3.8) is 0 Å². The molecule has 0 aromatic rings. The minimum Gasteiger partial charge on any atom is -0.466 e. The van der Waals surface area contributed by atoms with Crippen molar-refractivity contribution in [3.8, 4) is 0 Å². The quantitative estimate of drug-likeness (QED) is 0.589. The Bertz CT molecular complexity index is 271. The summed E-state index contributed by atoms with van der Waals surface area (Å²) in [7, 11) is 1.72. The average molecular weight is 260 g/mol. The highest BCUT2D eigenvalue weighted by molar-refractivity contribution is 5.81. The molecule has 0 rings (SSSR count). The fourth-order valence-electron chi connectivity index (χ4n) is 1.37. The molecule has 0 aliphatic heterocycles. The topological polar surface area (TPSA) is 78.9 Å². The van der Waals surface area contributed by atoms with E-state index in [2.05, 4.69) is 5.32 Å². The first kappa shape index (κ1) is 16.9. The Kier molecular flexibility index (Phi) is 8.32. The van der Waals surface area contributed by atoms with Crippen molar-refractivity contribution in [1.29, 1.82) is 0 Å². The highest BCUT2D eigenvalue weighted by Crippen LogP contribution is 1.96. The Morgan fingerprint density at radius 2 is 2.00 bits per heavy atom. The predicted octanol–water partition coefficient (Wildman–Crippen LogP) is -0.243. The molecule has 18 heavy (non-hydrogen) atoms. The van der Waals surface area contributed by atoms with E-state index in [1.807, 2.05) is 6.92 Å². The molecular weight excluding hydrogens is 236 g/mol. The van der Waals surface area contributed by atoms with Crippen molar-refractivity contribution in [1.82, 2.24) is 10.2 Å². The number of amides is 1. The van der Waals surface area contributed by atoms with Crippen molar-refractivity contribution < 1.29 is 19.4 Å². The van der Waals surface area contributed by atoms with Crippen LogP contribution in [0.4, 0.5) is 0 Å². The summed E-state index contributed by atoms with van der Waals surface area (Å²) in [5.41, 5.74) is 0. The van der Waals surface area contributed by atoms with E-state index >= 15 is 0 Å². The summed E-state index contributed by atoms with van der Waals surface area (Å²) in [6, 6.07) is -0.383. The minimum absolute atomic E-state index is 0.0409. The van der Waals surface area contributed by atoms with E-state index in [1.165, 1.54) is 0 Å². The van der Waals surface area contributed by atoms with Crippen molar-refractivity contribution in [2.45, 2.75) is 39.3 Å². The number of ether oxygens (including phenoxy) is 1. The van der Waals surface area contributed by atoms with Crippen LogP contribution in [0.25, 0.3) is 0 Å². The van der Waals surface area contributed by atoms with Crippen molar-refractivity contribution >= 4 is 11.9 Å². The van der Waals surface area contributed by atoms with Gasteiger partial charge in [-0.05, 0) is 20.8 Å². The van der Waals surface area contributed by atoms with Gasteiger partial charge in [-0.25, -0.2) is 0 Å². The molecule has 0 saturated heterocycles. The van der Waals surface area contributed by atoms with Crippen LogP contribution < -0.4 is 5.32 Å². The molecule has 0 fully saturated rings. The van der Waals surface area contributed by atoms with Gasteiger partial charge in [0.1, 0.15) is 0 Å². The number of carbonyl (C=O) groups is 2. The van der Waals surface area contributed by atoms with Gasteiger partial charge in [-0.2, -0.15) is 0 Å². The summed E-state index contributed by atoms with van der Waals surface area (Å²) in [4.78, 5) is 24.4. The van der Waals surface area contributed by atoms with Crippen LogP contribution in [-0.4, -0.2) is 60.8 Å². The van der Waals surface area contributed by atoms with Crippen molar-refractivity contribution in [3.05, 3.63) is 0 Å². The SMILES string of the molecule is CCOC(=O)CC(O)CNC(C)C(=O)N(C)CC. The third-order valence-electron chi connectivity index (χ3n) is 2.59. The summed E-state index contributed by atoms with van der Waals surface area (Å²) in [6.07, 6.45) is -0.906. The summed E-state index contributed by atoms with van der Waals surface area (Å²) in [6.45, 7) is 6.45. The number of likely N-dealkylation sites (N-methyl/N-ethyl adjacent to an activating group) is 1. The number of aliphatic hydroxyl groups excluding tert-OH is 1. The minimum atomic E-state index is -0.841. The Morgan fingerprint density at radius 3 is 2.50 bits per heavy atom. The Balaban J connectivity index is 3.94. The zero-order valence-electron chi connectivity index (χ0n) is 11.6. The van der Waals surface area contributed by atoms with Gasteiger partial charge in [0.05, 0.1) is 25.2 Å². The van der Waals surface area contributed by atoms with E-state index in [1.54, 1.807) is 25.8 Å². The number of nitrogens with zero attached hydrogens (tertiary/aromatic N) is 1. The van der Waals surface area contributed by atoms with Gasteiger partial charge in [-0.3, -0.25) is 9.59 Å². The van der Waals surface area contributed by atoms with E-state index in [9.17, 15) is 14.7 Å². The normalized spacial score (nSPS) is 13.8. The molecule has 0 saturated carbocycles. The third kappa shape index (κ3) is 6.56. The lowest BCUT2D eigenvalue weighted by Gasteiger charge is -2.21. The fraction of sp³-hybridized carbons (Fsp3) is 0.833. The molecule has 0 aromatic heterocycles. The molecule has 2 N–H and O–H groups in total. The summed E-state index contributed by atoms with van der Waals surface area (Å²) >= 11 is 0. The Morgan fingerprint density at radius 1 is 1.39 bits per heavy atom. The predicted molar refractivity (Wildman–Crippen MR) is 68.0 cm³/mol. The zero-order chi connectivity index (χ0) is 14.1. The van der Waals surface area contributed by atoms with Gasteiger partial charge in [0.25, 0.3) is 0 Å². The van der Waals surface area contributed by atoms with Gasteiger partial charge in [-0.1, -0.05) is 0 Å². The van der Waals surface area contributed by atoms with Gasteiger partial charge in [0.2, 0.25) is 5.91 Å². The second-order valence-corrected chi connectivity index (χ2v) is 4.15. The first-order valence-corrected chi connectivity index (χ1v) is 6.24. The lowest BCUT2D eigenvalue weighted by molar-refractivity contribution is -0.145. The third-order valence-corrected chi connectivity index (χ3v) is 2.59. The highest BCUT2D eigenvalue weighted by Gasteiger charge is 2.18. The number of rotatable bonds is 8. The smallest absolute Gasteiger partial charge is 0.308 e. The van der Waals surface area contributed by atoms with Crippen LogP contribution in [0.15, 0.2) is 0 Å². The maximum atomic E-state index is 11.7. The lowest BCUT2D eigenvalue weighted by Crippen LogP contribution is -2.45. The molecule has 0 radical (unpaired) electrons. The molecule has 0 spiro atoms. The molecule has 6 heteroatoms. The standard InChI is InChI=1S/C12H24N2O4/c1-5-14(4)12(17)9(3)13-8-10(15)7-11(16)18-6-2/h9-10,13,15H,5-8H2,1-4H3. The van der Waals surface area contributed by atoms with E-state index in [-0.39, 0.29) is 24.9 Å².